The van der Waals surface area contributed by atoms with Crippen LogP contribution in [0.25, 0.3) is 0 Å². The fraction of sp³-hybridized carbons (Fsp3) is 0.125. The predicted molar refractivity (Wildman–Crippen MR) is 55.4 cm³/mol. The first kappa shape index (κ1) is 11.4. The molecule has 0 saturated carbocycles. The van der Waals surface area contributed by atoms with Crippen LogP contribution in [0.1, 0.15) is 5.56 Å². The van der Waals surface area contributed by atoms with Gasteiger partial charge in [0.25, 0.3) is 0 Å². The zero-order valence-electron chi connectivity index (χ0n) is 7.42. The fourth-order valence-electron chi connectivity index (χ4n) is 0.906. The van der Waals surface area contributed by atoms with E-state index in [1.54, 1.807) is 6.07 Å². The van der Waals surface area contributed by atoms with Gasteiger partial charge in [0, 0.05) is 11.5 Å². The molecule has 1 aromatic heterocycles. The Kier molecular flexibility index (Phi) is 3.62. The maximum absolute atomic E-state index is 10.6. The number of carboxylic acid groups (broad SMARTS) is 2. The second-order valence-corrected chi connectivity index (χ2v) is 3.12. The molecule has 0 aliphatic heterocycles. The van der Waals surface area contributed by atoms with Gasteiger partial charge in [-0.2, -0.15) is 4.90 Å². The van der Waals surface area contributed by atoms with E-state index in [1.165, 1.54) is 12.3 Å². The van der Waals surface area contributed by atoms with Gasteiger partial charge in [-0.25, -0.2) is 14.6 Å². The number of anilines is 1. The SMILES string of the molecule is O=C(O)N(C(=O)O)c1ccc(CBr)cn1. The van der Waals surface area contributed by atoms with E-state index < -0.39 is 12.2 Å². The van der Waals surface area contributed by atoms with Crippen molar-refractivity contribution in [1.29, 1.82) is 0 Å². The van der Waals surface area contributed by atoms with Gasteiger partial charge in [-0.3, -0.25) is 0 Å². The Labute approximate surface area is 93.3 Å². The molecule has 0 radical (unpaired) electrons. The molecule has 0 aliphatic carbocycles. The zero-order chi connectivity index (χ0) is 11.4. The van der Waals surface area contributed by atoms with Gasteiger partial charge in [0.1, 0.15) is 5.82 Å². The van der Waals surface area contributed by atoms with Crippen LogP contribution in [0, 0.1) is 0 Å². The predicted octanol–water partition coefficient (Wildman–Crippen LogP) is 2.14. The van der Waals surface area contributed by atoms with Gasteiger partial charge < -0.3 is 10.2 Å². The lowest BCUT2D eigenvalue weighted by Gasteiger charge is -2.11. The molecular weight excluding hydrogens is 268 g/mol. The second kappa shape index (κ2) is 4.74. The molecule has 0 saturated heterocycles. The minimum absolute atomic E-state index is 0.139. The number of amides is 2. The number of carbonyl (C=O) groups is 2. The molecule has 0 fully saturated rings. The molecule has 80 valence electrons. The quantitative estimate of drug-likeness (QED) is 0.807. The normalized spacial score (nSPS) is 9.67. The van der Waals surface area contributed by atoms with Gasteiger partial charge in [0.2, 0.25) is 0 Å². The van der Waals surface area contributed by atoms with E-state index in [0.717, 1.165) is 5.56 Å². The van der Waals surface area contributed by atoms with Crippen molar-refractivity contribution in [2.24, 2.45) is 0 Å². The Morgan fingerprint density at radius 1 is 1.33 bits per heavy atom. The van der Waals surface area contributed by atoms with Crippen molar-refractivity contribution in [2.45, 2.75) is 5.33 Å². The lowest BCUT2D eigenvalue weighted by Crippen LogP contribution is -2.35. The number of hydrogen-bond acceptors (Lipinski definition) is 3. The van der Waals surface area contributed by atoms with Crippen LogP contribution < -0.4 is 4.90 Å². The Hall–Kier alpha value is -1.63. The highest BCUT2D eigenvalue weighted by molar-refractivity contribution is 9.08. The maximum atomic E-state index is 10.6. The molecule has 1 aromatic rings. The Morgan fingerprint density at radius 2 is 1.93 bits per heavy atom. The van der Waals surface area contributed by atoms with Crippen molar-refractivity contribution in [2.75, 3.05) is 4.90 Å². The van der Waals surface area contributed by atoms with Gasteiger partial charge in [-0.15, -0.1) is 0 Å². The second-order valence-electron chi connectivity index (χ2n) is 2.56. The number of pyridine rings is 1. The Morgan fingerprint density at radius 3 is 2.27 bits per heavy atom. The summed E-state index contributed by atoms with van der Waals surface area (Å²) in [7, 11) is 0. The van der Waals surface area contributed by atoms with Gasteiger partial charge in [0.05, 0.1) is 0 Å². The minimum Gasteiger partial charge on any atom is -0.464 e. The lowest BCUT2D eigenvalue weighted by atomic mass is 10.3. The molecule has 2 N–H and O–H groups in total. The number of imide groups is 1. The highest BCUT2D eigenvalue weighted by atomic mass is 79.9. The molecule has 1 rings (SSSR count). The first-order chi connectivity index (χ1) is 7.06. The summed E-state index contributed by atoms with van der Waals surface area (Å²) in [6, 6.07) is 2.93. The van der Waals surface area contributed by atoms with Crippen LogP contribution in [0.5, 0.6) is 0 Å². The van der Waals surface area contributed by atoms with Crippen LogP contribution in [0.15, 0.2) is 18.3 Å². The third kappa shape index (κ3) is 2.66. The van der Waals surface area contributed by atoms with Crippen molar-refractivity contribution < 1.29 is 19.8 Å². The third-order valence-corrected chi connectivity index (χ3v) is 2.22. The van der Waals surface area contributed by atoms with Crippen molar-refractivity contribution in [1.82, 2.24) is 4.98 Å². The van der Waals surface area contributed by atoms with E-state index in [0.29, 0.717) is 5.33 Å². The van der Waals surface area contributed by atoms with E-state index in [-0.39, 0.29) is 10.7 Å². The van der Waals surface area contributed by atoms with E-state index in [9.17, 15) is 9.59 Å². The molecular formula is C8H7BrN2O4. The summed E-state index contributed by atoms with van der Waals surface area (Å²) in [5, 5.41) is 17.8. The summed E-state index contributed by atoms with van der Waals surface area (Å²) in [5.41, 5.74) is 0.828. The zero-order valence-corrected chi connectivity index (χ0v) is 9.01. The van der Waals surface area contributed by atoms with Gasteiger partial charge in [-0.05, 0) is 11.6 Å². The number of aromatic nitrogens is 1. The molecule has 2 amide bonds. The number of hydrogen-bond donors (Lipinski definition) is 2. The molecule has 0 aromatic carbocycles. The van der Waals surface area contributed by atoms with Crippen molar-refractivity contribution in [3.63, 3.8) is 0 Å². The van der Waals surface area contributed by atoms with E-state index in [4.69, 9.17) is 10.2 Å². The largest absolute Gasteiger partial charge is 0.464 e. The van der Waals surface area contributed by atoms with Gasteiger partial charge in [0.15, 0.2) is 0 Å². The molecule has 15 heavy (non-hydrogen) atoms. The number of alkyl halides is 1. The van der Waals surface area contributed by atoms with E-state index in [1.807, 2.05) is 0 Å². The third-order valence-electron chi connectivity index (χ3n) is 1.58. The molecule has 0 aliphatic rings. The van der Waals surface area contributed by atoms with Crippen LogP contribution in [-0.4, -0.2) is 27.4 Å². The highest BCUT2D eigenvalue weighted by Crippen LogP contribution is 2.13. The maximum Gasteiger partial charge on any atom is 0.422 e. The van der Waals surface area contributed by atoms with Crippen molar-refractivity contribution in [3.05, 3.63) is 23.9 Å². The molecule has 1 heterocycles. The molecule has 0 spiro atoms. The van der Waals surface area contributed by atoms with Gasteiger partial charge in [-0.1, -0.05) is 22.0 Å². The van der Waals surface area contributed by atoms with Crippen LogP contribution >= 0.6 is 15.9 Å². The first-order valence-corrected chi connectivity index (χ1v) is 4.95. The van der Waals surface area contributed by atoms with Crippen molar-refractivity contribution >= 4 is 33.9 Å². The highest BCUT2D eigenvalue weighted by Gasteiger charge is 2.22. The molecule has 0 unspecified atom stereocenters. The number of rotatable bonds is 2. The molecule has 0 atom stereocenters. The summed E-state index contributed by atoms with van der Waals surface area (Å²) in [6.45, 7) is 0. The summed E-state index contributed by atoms with van der Waals surface area (Å²) in [5.74, 6) is -0.139. The van der Waals surface area contributed by atoms with Crippen molar-refractivity contribution in [3.8, 4) is 0 Å². The van der Waals surface area contributed by atoms with E-state index in [2.05, 4.69) is 20.9 Å². The van der Waals surface area contributed by atoms with Crippen LogP contribution in [0.4, 0.5) is 15.4 Å². The topological polar surface area (TPSA) is 90.7 Å². The molecule has 6 nitrogen and oxygen atoms in total. The summed E-state index contributed by atoms with van der Waals surface area (Å²) in [4.78, 5) is 25.1. The average Bonchev–Trinajstić information content (AvgIpc) is 2.18. The van der Waals surface area contributed by atoms with Crippen LogP contribution in [-0.2, 0) is 5.33 Å². The van der Waals surface area contributed by atoms with E-state index >= 15 is 0 Å². The number of nitrogens with zero attached hydrogens (tertiary/aromatic N) is 2. The molecule has 7 heteroatoms. The fourth-order valence-corrected chi connectivity index (χ4v) is 1.24. The van der Waals surface area contributed by atoms with Gasteiger partial charge >= 0.3 is 12.2 Å². The lowest BCUT2D eigenvalue weighted by molar-refractivity contribution is 0.184. The average molecular weight is 275 g/mol. The smallest absolute Gasteiger partial charge is 0.422 e. The standard InChI is InChI=1S/C8H7BrN2O4/c9-3-5-1-2-6(10-4-5)11(7(12)13)8(14)15/h1-2,4H,3H2,(H,12,13)(H,14,15). The Balaban J connectivity index is 3.02. The van der Waals surface area contributed by atoms with Crippen LogP contribution in [0.2, 0.25) is 0 Å². The monoisotopic (exact) mass is 274 g/mol. The Bertz CT molecular complexity index is 365. The summed E-state index contributed by atoms with van der Waals surface area (Å²) < 4.78 is 0. The molecule has 0 bridgehead atoms. The first-order valence-electron chi connectivity index (χ1n) is 3.83. The van der Waals surface area contributed by atoms with Crippen LogP contribution in [0.3, 0.4) is 0 Å². The minimum atomic E-state index is -1.58. The summed E-state index contributed by atoms with van der Waals surface area (Å²) in [6.07, 6.45) is -1.76. The number of halogens is 1. The summed E-state index contributed by atoms with van der Waals surface area (Å²) >= 11 is 3.19.